The fraction of sp³-hybridized carbons (Fsp3) is 0.231. The first-order valence-electron chi connectivity index (χ1n) is 5.37. The van der Waals surface area contributed by atoms with E-state index in [1.165, 1.54) is 12.1 Å². The zero-order chi connectivity index (χ0) is 12.7. The molecule has 0 aromatic heterocycles. The number of aromatic hydroxyl groups is 1. The molecule has 0 aliphatic heterocycles. The van der Waals surface area contributed by atoms with Gasteiger partial charge in [-0.15, -0.1) is 6.58 Å². The zero-order valence-electron chi connectivity index (χ0n) is 9.81. The SMILES string of the molecule is C=CCC/C(C)=N/NC(=O)c1ccc(O)cc1. The Balaban J connectivity index is 2.54. The molecule has 2 N–H and O–H groups in total. The van der Waals surface area contributed by atoms with Crippen molar-refractivity contribution in [3.63, 3.8) is 0 Å². The first kappa shape index (κ1) is 13.0. The number of hydrogen-bond acceptors (Lipinski definition) is 3. The topological polar surface area (TPSA) is 61.7 Å². The van der Waals surface area contributed by atoms with Crippen LogP contribution in [0, 0.1) is 0 Å². The number of amides is 1. The van der Waals surface area contributed by atoms with Gasteiger partial charge in [-0.25, -0.2) is 5.43 Å². The molecular formula is C13H16N2O2. The van der Waals surface area contributed by atoms with E-state index in [2.05, 4.69) is 17.1 Å². The molecule has 1 aromatic carbocycles. The maximum Gasteiger partial charge on any atom is 0.271 e. The fourth-order valence-corrected chi connectivity index (χ4v) is 1.19. The van der Waals surface area contributed by atoms with E-state index in [1.54, 1.807) is 18.2 Å². The Morgan fingerprint density at radius 2 is 2.12 bits per heavy atom. The fourth-order valence-electron chi connectivity index (χ4n) is 1.19. The van der Waals surface area contributed by atoms with E-state index >= 15 is 0 Å². The molecule has 90 valence electrons. The summed E-state index contributed by atoms with van der Waals surface area (Å²) in [4.78, 5) is 11.6. The molecule has 0 fully saturated rings. The summed E-state index contributed by atoms with van der Waals surface area (Å²) in [7, 11) is 0. The van der Waals surface area contributed by atoms with Gasteiger partial charge in [-0.2, -0.15) is 5.10 Å². The number of rotatable bonds is 5. The van der Waals surface area contributed by atoms with Crippen LogP contribution in [-0.2, 0) is 0 Å². The summed E-state index contributed by atoms with van der Waals surface area (Å²) in [5, 5.41) is 13.1. The highest BCUT2D eigenvalue weighted by Gasteiger charge is 2.03. The molecule has 0 aliphatic carbocycles. The summed E-state index contributed by atoms with van der Waals surface area (Å²) in [6, 6.07) is 6.00. The molecule has 17 heavy (non-hydrogen) atoms. The summed E-state index contributed by atoms with van der Waals surface area (Å²) < 4.78 is 0. The Kier molecular flexibility index (Phi) is 4.94. The molecule has 1 rings (SSSR count). The molecule has 0 heterocycles. The first-order valence-corrected chi connectivity index (χ1v) is 5.37. The van der Waals surface area contributed by atoms with Gasteiger partial charge in [0.15, 0.2) is 0 Å². The minimum absolute atomic E-state index is 0.132. The van der Waals surface area contributed by atoms with E-state index in [4.69, 9.17) is 5.11 Å². The van der Waals surface area contributed by atoms with Crippen LogP contribution in [0.25, 0.3) is 0 Å². The molecule has 4 heteroatoms. The highest BCUT2D eigenvalue weighted by Crippen LogP contribution is 2.09. The molecular weight excluding hydrogens is 216 g/mol. The van der Waals surface area contributed by atoms with Crippen LogP contribution in [0.15, 0.2) is 42.0 Å². The third-order valence-electron chi connectivity index (χ3n) is 2.19. The monoisotopic (exact) mass is 232 g/mol. The number of hydrazone groups is 1. The Morgan fingerprint density at radius 1 is 1.47 bits per heavy atom. The third-order valence-corrected chi connectivity index (χ3v) is 2.19. The molecule has 4 nitrogen and oxygen atoms in total. The van der Waals surface area contributed by atoms with E-state index in [-0.39, 0.29) is 11.7 Å². The molecule has 0 radical (unpaired) electrons. The molecule has 0 saturated heterocycles. The van der Waals surface area contributed by atoms with Crippen molar-refractivity contribution in [1.82, 2.24) is 5.43 Å². The van der Waals surface area contributed by atoms with Gasteiger partial charge in [0.1, 0.15) is 5.75 Å². The van der Waals surface area contributed by atoms with Gasteiger partial charge in [0.25, 0.3) is 5.91 Å². The second kappa shape index (κ2) is 6.48. The Morgan fingerprint density at radius 3 is 2.71 bits per heavy atom. The molecule has 1 amide bonds. The molecule has 0 atom stereocenters. The van der Waals surface area contributed by atoms with E-state index in [9.17, 15) is 4.79 Å². The lowest BCUT2D eigenvalue weighted by atomic mass is 10.2. The molecule has 0 spiro atoms. The van der Waals surface area contributed by atoms with Gasteiger partial charge in [0.05, 0.1) is 0 Å². The summed E-state index contributed by atoms with van der Waals surface area (Å²) in [6.45, 7) is 5.47. The Hall–Kier alpha value is -2.10. The van der Waals surface area contributed by atoms with E-state index in [1.807, 2.05) is 6.92 Å². The summed E-state index contributed by atoms with van der Waals surface area (Å²) in [5.74, 6) is -0.157. The van der Waals surface area contributed by atoms with E-state index in [0.717, 1.165) is 18.6 Å². The van der Waals surface area contributed by atoms with Crippen molar-refractivity contribution in [2.45, 2.75) is 19.8 Å². The van der Waals surface area contributed by atoms with Gasteiger partial charge >= 0.3 is 0 Å². The number of carbonyl (C=O) groups excluding carboxylic acids is 1. The average Bonchev–Trinajstić information content (AvgIpc) is 2.34. The first-order chi connectivity index (χ1) is 8.13. The second-order valence-corrected chi connectivity index (χ2v) is 3.66. The van der Waals surface area contributed by atoms with Crippen LogP contribution < -0.4 is 5.43 Å². The maximum absolute atomic E-state index is 11.6. The summed E-state index contributed by atoms with van der Waals surface area (Å²) in [5.41, 5.74) is 3.77. The molecule has 0 aliphatic rings. The van der Waals surface area contributed by atoms with Crippen molar-refractivity contribution in [3.05, 3.63) is 42.5 Å². The smallest absolute Gasteiger partial charge is 0.271 e. The van der Waals surface area contributed by atoms with Crippen molar-refractivity contribution in [3.8, 4) is 5.75 Å². The van der Waals surface area contributed by atoms with Crippen LogP contribution in [0.1, 0.15) is 30.1 Å². The van der Waals surface area contributed by atoms with Crippen LogP contribution in [-0.4, -0.2) is 16.7 Å². The van der Waals surface area contributed by atoms with Gasteiger partial charge < -0.3 is 5.11 Å². The maximum atomic E-state index is 11.6. The van der Waals surface area contributed by atoms with Crippen molar-refractivity contribution in [1.29, 1.82) is 0 Å². The van der Waals surface area contributed by atoms with Crippen molar-refractivity contribution < 1.29 is 9.90 Å². The Bertz CT molecular complexity index is 422. The van der Waals surface area contributed by atoms with Crippen molar-refractivity contribution in [2.75, 3.05) is 0 Å². The number of benzene rings is 1. The summed E-state index contributed by atoms with van der Waals surface area (Å²) in [6.07, 6.45) is 3.42. The quantitative estimate of drug-likeness (QED) is 0.465. The van der Waals surface area contributed by atoms with Gasteiger partial charge in [-0.1, -0.05) is 6.08 Å². The molecule has 0 saturated carbocycles. The molecule has 1 aromatic rings. The highest BCUT2D eigenvalue weighted by molar-refractivity contribution is 5.95. The van der Waals surface area contributed by atoms with Gasteiger partial charge in [0, 0.05) is 11.3 Å². The minimum Gasteiger partial charge on any atom is -0.508 e. The Labute approximate surface area is 101 Å². The number of hydrogen-bond donors (Lipinski definition) is 2. The standard InChI is InChI=1S/C13H16N2O2/c1-3-4-5-10(2)14-15-13(17)11-6-8-12(16)9-7-11/h3,6-9,16H,1,4-5H2,2H3,(H,15,17)/b14-10+. The second-order valence-electron chi connectivity index (χ2n) is 3.66. The van der Waals surface area contributed by atoms with Crippen LogP contribution in [0.2, 0.25) is 0 Å². The predicted octanol–water partition coefficient (Wildman–Crippen LogP) is 2.46. The number of nitrogens with one attached hydrogen (secondary N) is 1. The number of nitrogens with zero attached hydrogens (tertiary/aromatic N) is 1. The van der Waals surface area contributed by atoms with Crippen LogP contribution in [0.5, 0.6) is 5.75 Å². The average molecular weight is 232 g/mol. The van der Waals surface area contributed by atoms with Crippen molar-refractivity contribution >= 4 is 11.6 Å². The highest BCUT2D eigenvalue weighted by atomic mass is 16.3. The molecule has 0 unspecified atom stereocenters. The third kappa shape index (κ3) is 4.51. The zero-order valence-corrected chi connectivity index (χ0v) is 9.81. The number of allylic oxidation sites excluding steroid dienone is 1. The van der Waals surface area contributed by atoms with Crippen LogP contribution in [0.4, 0.5) is 0 Å². The lowest BCUT2D eigenvalue weighted by Crippen LogP contribution is -2.18. The van der Waals surface area contributed by atoms with Crippen LogP contribution >= 0.6 is 0 Å². The van der Waals surface area contributed by atoms with Crippen molar-refractivity contribution in [2.24, 2.45) is 5.10 Å². The largest absolute Gasteiger partial charge is 0.508 e. The van der Waals surface area contributed by atoms with Gasteiger partial charge in [0.2, 0.25) is 0 Å². The van der Waals surface area contributed by atoms with Gasteiger partial charge in [-0.3, -0.25) is 4.79 Å². The van der Waals surface area contributed by atoms with Crippen LogP contribution in [0.3, 0.4) is 0 Å². The number of phenols is 1. The predicted molar refractivity (Wildman–Crippen MR) is 68.1 cm³/mol. The lowest BCUT2D eigenvalue weighted by molar-refractivity contribution is 0.0954. The molecule has 0 bridgehead atoms. The van der Waals surface area contributed by atoms with E-state index in [0.29, 0.717) is 5.56 Å². The normalized spacial score (nSPS) is 11.0. The number of phenolic OH excluding ortho intramolecular Hbond substituents is 1. The number of carbonyl (C=O) groups is 1. The lowest BCUT2D eigenvalue weighted by Gasteiger charge is -2.02. The van der Waals surface area contributed by atoms with Gasteiger partial charge in [-0.05, 0) is 44.0 Å². The summed E-state index contributed by atoms with van der Waals surface area (Å²) >= 11 is 0. The van der Waals surface area contributed by atoms with E-state index < -0.39 is 0 Å². The minimum atomic E-state index is -0.289.